The molecule has 0 fully saturated rings. The predicted octanol–water partition coefficient (Wildman–Crippen LogP) is 5.29. The fourth-order valence-electron chi connectivity index (χ4n) is 2.37. The van der Waals surface area contributed by atoms with Crippen LogP contribution in [0.4, 0.5) is 0 Å². The lowest BCUT2D eigenvalue weighted by Crippen LogP contribution is -2.25. The number of ether oxygens (including phenoxy) is 1. The van der Waals surface area contributed by atoms with Gasteiger partial charge in [0.25, 0.3) is 0 Å². The first-order valence-corrected chi connectivity index (χ1v) is 7.83. The molecule has 0 heterocycles. The van der Waals surface area contributed by atoms with Crippen molar-refractivity contribution in [3.05, 3.63) is 71.3 Å². The Morgan fingerprint density at radius 1 is 1.05 bits per heavy atom. The summed E-state index contributed by atoms with van der Waals surface area (Å²) < 4.78 is 5.70. The van der Waals surface area contributed by atoms with E-state index >= 15 is 0 Å². The Labute approximate surface area is 133 Å². The van der Waals surface area contributed by atoms with Crippen molar-refractivity contribution in [2.75, 3.05) is 0 Å². The van der Waals surface area contributed by atoms with Crippen molar-refractivity contribution >= 4 is 5.97 Å². The van der Waals surface area contributed by atoms with Gasteiger partial charge in [0.05, 0.1) is 5.56 Å². The summed E-state index contributed by atoms with van der Waals surface area (Å²) in [5, 5.41) is 0. The van der Waals surface area contributed by atoms with Crippen LogP contribution in [0.2, 0.25) is 0 Å². The van der Waals surface area contributed by atoms with Crippen LogP contribution in [0.25, 0.3) is 0 Å². The molecule has 0 saturated heterocycles. The van der Waals surface area contributed by atoms with Gasteiger partial charge in [0.1, 0.15) is 5.60 Å². The van der Waals surface area contributed by atoms with Gasteiger partial charge in [0.15, 0.2) is 0 Å². The molecule has 0 N–H and O–H groups in total. The number of rotatable bonds is 5. The van der Waals surface area contributed by atoms with Crippen molar-refractivity contribution in [2.45, 2.75) is 45.6 Å². The van der Waals surface area contributed by atoms with Crippen molar-refractivity contribution in [1.82, 2.24) is 0 Å². The zero-order chi connectivity index (χ0) is 16.2. The average Bonchev–Trinajstić information content (AvgIpc) is 2.54. The molecule has 2 heteroatoms. The highest BCUT2D eigenvalue weighted by Gasteiger charge is 2.25. The van der Waals surface area contributed by atoms with Gasteiger partial charge in [-0.2, -0.15) is 0 Å². The maximum absolute atomic E-state index is 12.4. The van der Waals surface area contributed by atoms with E-state index in [0.29, 0.717) is 11.5 Å². The molecule has 116 valence electrons. The molecular weight excluding hydrogens is 272 g/mol. The molecule has 2 aromatic carbocycles. The lowest BCUT2D eigenvalue weighted by Gasteiger charge is -2.25. The van der Waals surface area contributed by atoms with Gasteiger partial charge in [-0.05, 0) is 49.4 Å². The molecule has 0 aliphatic carbocycles. The zero-order valence-corrected chi connectivity index (χ0v) is 13.8. The minimum atomic E-state index is -0.645. The van der Waals surface area contributed by atoms with Gasteiger partial charge in [-0.3, -0.25) is 0 Å². The molecule has 0 amide bonds. The summed E-state index contributed by atoms with van der Waals surface area (Å²) in [6, 6.07) is 17.5. The van der Waals surface area contributed by atoms with Crippen LogP contribution in [0, 0.1) is 0 Å². The van der Waals surface area contributed by atoms with E-state index in [1.807, 2.05) is 68.4 Å². The Hall–Kier alpha value is -2.09. The van der Waals surface area contributed by atoms with Crippen molar-refractivity contribution in [3.63, 3.8) is 0 Å². The SMILES string of the molecule is CCC(C)c1ccc(C(=O)OC(C)(C)c2ccccc2)cc1. The zero-order valence-electron chi connectivity index (χ0n) is 13.8. The van der Waals surface area contributed by atoms with Crippen LogP contribution in [0.5, 0.6) is 0 Å². The van der Waals surface area contributed by atoms with Crippen molar-refractivity contribution in [3.8, 4) is 0 Å². The molecule has 1 unspecified atom stereocenters. The molecule has 0 spiro atoms. The van der Waals surface area contributed by atoms with Crippen LogP contribution in [-0.4, -0.2) is 5.97 Å². The van der Waals surface area contributed by atoms with Crippen molar-refractivity contribution in [2.24, 2.45) is 0 Å². The second-order valence-corrected chi connectivity index (χ2v) is 6.20. The number of carbonyl (C=O) groups excluding carboxylic acids is 1. The number of benzene rings is 2. The van der Waals surface area contributed by atoms with Crippen LogP contribution in [0.15, 0.2) is 54.6 Å². The van der Waals surface area contributed by atoms with Crippen LogP contribution in [0.1, 0.15) is 61.5 Å². The van der Waals surface area contributed by atoms with Gasteiger partial charge in [-0.1, -0.05) is 56.3 Å². The molecular formula is C20H24O2. The van der Waals surface area contributed by atoms with E-state index in [9.17, 15) is 4.79 Å². The summed E-state index contributed by atoms with van der Waals surface area (Å²) in [7, 11) is 0. The van der Waals surface area contributed by atoms with E-state index in [4.69, 9.17) is 4.74 Å². The predicted molar refractivity (Wildman–Crippen MR) is 90.0 cm³/mol. The lowest BCUT2D eigenvalue weighted by atomic mass is 9.97. The summed E-state index contributed by atoms with van der Waals surface area (Å²) >= 11 is 0. The van der Waals surface area contributed by atoms with E-state index in [2.05, 4.69) is 13.8 Å². The number of hydrogen-bond acceptors (Lipinski definition) is 2. The van der Waals surface area contributed by atoms with Crippen LogP contribution < -0.4 is 0 Å². The van der Waals surface area contributed by atoms with Gasteiger partial charge in [0.2, 0.25) is 0 Å². The smallest absolute Gasteiger partial charge is 0.338 e. The summed E-state index contributed by atoms with van der Waals surface area (Å²) in [4.78, 5) is 12.4. The number of carbonyl (C=O) groups is 1. The van der Waals surface area contributed by atoms with Crippen LogP contribution >= 0.6 is 0 Å². The standard InChI is InChI=1S/C20H24O2/c1-5-15(2)16-11-13-17(14-12-16)19(21)22-20(3,4)18-9-7-6-8-10-18/h6-15H,5H2,1-4H3. The third-order valence-corrected chi connectivity index (χ3v) is 4.14. The molecule has 2 nitrogen and oxygen atoms in total. The quantitative estimate of drug-likeness (QED) is 0.700. The molecule has 0 radical (unpaired) electrons. The molecule has 0 saturated carbocycles. The highest BCUT2D eigenvalue weighted by atomic mass is 16.6. The second-order valence-electron chi connectivity index (χ2n) is 6.20. The summed E-state index contributed by atoms with van der Waals surface area (Å²) in [6.45, 7) is 8.17. The topological polar surface area (TPSA) is 26.3 Å². The minimum absolute atomic E-state index is 0.287. The van der Waals surface area contributed by atoms with Crippen molar-refractivity contribution < 1.29 is 9.53 Å². The fraction of sp³-hybridized carbons (Fsp3) is 0.350. The minimum Gasteiger partial charge on any atom is -0.451 e. The number of hydrogen-bond donors (Lipinski definition) is 0. The van der Waals surface area contributed by atoms with E-state index in [-0.39, 0.29) is 5.97 Å². The first-order chi connectivity index (χ1) is 10.4. The van der Waals surface area contributed by atoms with Gasteiger partial charge in [-0.15, -0.1) is 0 Å². The van der Waals surface area contributed by atoms with Crippen LogP contribution in [-0.2, 0) is 10.3 Å². The van der Waals surface area contributed by atoms with Crippen LogP contribution in [0.3, 0.4) is 0 Å². The van der Waals surface area contributed by atoms with Gasteiger partial charge in [0, 0.05) is 0 Å². The number of esters is 1. The maximum Gasteiger partial charge on any atom is 0.338 e. The molecule has 0 aromatic heterocycles. The molecule has 0 bridgehead atoms. The summed E-state index contributed by atoms with van der Waals surface area (Å²) in [6.07, 6.45) is 1.09. The Bertz CT molecular complexity index is 612. The molecule has 22 heavy (non-hydrogen) atoms. The van der Waals surface area contributed by atoms with Gasteiger partial charge >= 0.3 is 5.97 Å². The Morgan fingerprint density at radius 3 is 2.18 bits per heavy atom. The van der Waals surface area contributed by atoms with Gasteiger partial charge in [-0.25, -0.2) is 4.79 Å². The third-order valence-electron chi connectivity index (χ3n) is 4.14. The first-order valence-electron chi connectivity index (χ1n) is 7.83. The highest BCUT2D eigenvalue weighted by Crippen LogP contribution is 2.26. The third kappa shape index (κ3) is 3.76. The second kappa shape index (κ2) is 6.78. The first kappa shape index (κ1) is 16.3. The normalized spacial score (nSPS) is 12.7. The highest BCUT2D eigenvalue weighted by molar-refractivity contribution is 5.89. The Morgan fingerprint density at radius 2 is 1.64 bits per heavy atom. The monoisotopic (exact) mass is 296 g/mol. The summed E-state index contributed by atoms with van der Waals surface area (Å²) in [5.41, 5.74) is 2.19. The van der Waals surface area contributed by atoms with E-state index in [1.165, 1.54) is 5.56 Å². The molecule has 2 rings (SSSR count). The Kier molecular flexibility index (Phi) is 5.02. The molecule has 1 atom stereocenters. The molecule has 0 aliphatic heterocycles. The van der Waals surface area contributed by atoms with E-state index < -0.39 is 5.60 Å². The largest absolute Gasteiger partial charge is 0.451 e. The maximum atomic E-state index is 12.4. The molecule has 0 aliphatic rings. The average molecular weight is 296 g/mol. The lowest BCUT2D eigenvalue weighted by molar-refractivity contribution is -0.00312. The molecule has 2 aromatic rings. The van der Waals surface area contributed by atoms with E-state index in [0.717, 1.165) is 12.0 Å². The van der Waals surface area contributed by atoms with Gasteiger partial charge < -0.3 is 4.74 Å². The fourth-order valence-corrected chi connectivity index (χ4v) is 2.37. The van der Waals surface area contributed by atoms with E-state index in [1.54, 1.807) is 0 Å². The summed E-state index contributed by atoms with van der Waals surface area (Å²) in [5.74, 6) is 0.218. The Balaban J connectivity index is 2.12. The van der Waals surface area contributed by atoms with Crippen molar-refractivity contribution in [1.29, 1.82) is 0 Å².